The molecule has 2 nitrogen and oxygen atoms in total. The number of hydrogen-bond donors (Lipinski definition) is 0. The third-order valence-corrected chi connectivity index (χ3v) is 6.06. The van der Waals surface area contributed by atoms with Crippen molar-refractivity contribution in [3.05, 3.63) is 54.1 Å². The maximum Gasteiger partial charge on any atom is 0.237 e. The van der Waals surface area contributed by atoms with Gasteiger partial charge in [0, 0.05) is 27.7 Å². The highest BCUT2D eigenvalue weighted by Gasteiger charge is 2.24. The number of nitrogens with zero attached hydrogens (tertiary/aromatic N) is 1. The lowest BCUT2D eigenvalue weighted by molar-refractivity contribution is -0.116. The van der Waals surface area contributed by atoms with E-state index in [2.05, 4.69) is 6.92 Å². The standard InChI is InChI=1S/C18H17F2NOS2/c1-12-8-9-21(15-4-2-3-5-17(15)24-12)18(22)11-23-16-7-6-13(19)10-14(16)20/h2-7,10,12H,8-9,11H2,1H3/t12-/m0/s1. The van der Waals surface area contributed by atoms with Crippen LogP contribution >= 0.6 is 23.5 Å². The molecule has 1 amide bonds. The summed E-state index contributed by atoms with van der Waals surface area (Å²) in [5.41, 5.74) is 0.914. The molecular formula is C18H17F2NOS2. The molecular weight excluding hydrogens is 348 g/mol. The van der Waals surface area contributed by atoms with Crippen LogP contribution in [0.15, 0.2) is 52.3 Å². The molecule has 0 spiro atoms. The number of fused-ring (bicyclic) bond motifs is 1. The highest BCUT2D eigenvalue weighted by atomic mass is 32.2. The number of anilines is 1. The van der Waals surface area contributed by atoms with Gasteiger partial charge in [0.15, 0.2) is 0 Å². The maximum absolute atomic E-state index is 13.7. The number of amides is 1. The summed E-state index contributed by atoms with van der Waals surface area (Å²) in [7, 11) is 0. The first-order chi connectivity index (χ1) is 11.5. The molecule has 0 saturated carbocycles. The molecule has 0 radical (unpaired) electrons. The van der Waals surface area contributed by atoms with Crippen LogP contribution in [-0.4, -0.2) is 23.5 Å². The van der Waals surface area contributed by atoms with Crippen molar-refractivity contribution in [2.75, 3.05) is 17.2 Å². The fraction of sp³-hybridized carbons (Fsp3) is 0.278. The minimum Gasteiger partial charge on any atom is -0.311 e. The van der Waals surface area contributed by atoms with E-state index >= 15 is 0 Å². The highest BCUT2D eigenvalue weighted by Crippen LogP contribution is 2.37. The van der Waals surface area contributed by atoms with Gasteiger partial charge in [-0.2, -0.15) is 0 Å². The van der Waals surface area contributed by atoms with Gasteiger partial charge in [-0.25, -0.2) is 8.78 Å². The molecule has 2 aromatic carbocycles. The van der Waals surface area contributed by atoms with Crippen molar-refractivity contribution in [1.29, 1.82) is 0 Å². The summed E-state index contributed by atoms with van der Waals surface area (Å²) in [5.74, 6) is -1.19. The van der Waals surface area contributed by atoms with Gasteiger partial charge in [0.2, 0.25) is 5.91 Å². The Balaban J connectivity index is 1.75. The molecule has 6 heteroatoms. The van der Waals surface area contributed by atoms with Crippen molar-refractivity contribution < 1.29 is 13.6 Å². The van der Waals surface area contributed by atoms with Crippen LogP contribution in [0.1, 0.15) is 13.3 Å². The van der Waals surface area contributed by atoms with Crippen molar-refractivity contribution in [3.63, 3.8) is 0 Å². The van der Waals surface area contributed by atoms with Crippen molar-refractivity contribution >= 4 is 35.1 Å². The van der Waals surface area contributed by atoms with Gasteiger partial charge in [-0.05, 0) is 30.7 Å². The fourth-order valence-electron chi connectivity index (χ4n) is 2.56. The Kier molecular flexibility index (Phi) is 5.46. The monoisotopic (exact) mass is 365 g/mol. The van der Waals surface area contributed by atoms with Crippen molar-refractivity contribution in [2.45, 2.75) is 28.4 Å². The van der Waals surface area contributed by atoms with Crippen LogP contribution in [0.5, 0.6) is 0 Å². The summed E-state index contributed by atoms with van der Waals surface area (Å²) >= 11 is 2.87. The predicted molar refractivity (Wildman–Crippen MR) is 95.8 cm³/mol. The second-order valence-electron chi connectivity index (χ2n) is 5.59. The van der Waals surface area contributed by atoms with Crippen molar-refractivity contribution in [2.24, 2.45) is 0 Å². The molecule has 0 saturated heterocycles. The van der Waals surface area contributed by atoms with Crippen LogP contribution < -0.4 is 4.90 Å². The number of halogens is 2. The Bertz CT molecular complexity index is 754. The third-order valence-electron chi connectivity index (χ3n) is 3.79. The summed E-state index contributed by atoms with van der Waals surface area (Å²) in [6, 6.07) is 11.3. The lowest BCUT2D eigenvalue weighted by atomic mass is 10.2. The van der Waals surface area contributed by atoms with Gasteiger partial charge >= 0.3 is 0 Å². The lowest BCUT2D eigenvalue weighted by Crippen LogP contribution is -2.33. The average Bonchev–Trinajstić information content (AvgIpc) is 2.72. The van der Waals surface area contributed by atoms with E-state index in [1.807, 2.05) is 24.3 Å². The molecule has 0 aromatic heterocycles. The predicted octanol–water partition coefficient (Wildman–Crippen LogP) is 4.97. The molecule has 1 atom stereocenters. The molecule has 1 aliphatic rings. The smallest absolute Gasteiger partial charge is 0.237 e. The molecule has 1 aliphatic heterocycles. The van der Waals surface area contributed by atoms with E-state index in [0.29, 0.717) is 11.8 Å². The van der Waals surface area contributed by atoms with Crippen LogP contribution in [0.4, 0.5) is 14.5 Å². The number of benzene rings is 2. The Hall–Kier alpha value is -1.53. The molecule has 0 N–H and O–H groups in total. The van der Waals surface area contributed by atoms with Crippen LogP contribution in [0.2, 0.25) is 0 Å². The zero-order valence-corrected chi connectivity index (χ0v) is 14.8. The Morgan fingerprint density at radius 2 is 2.08 bits per heavy atom. The first-order valence-corrected chi connectivity index (χ1v) is 9.55. The van der Waals surface area contributed by atoms with E-state index in [1.54, 1.807) is 16.7 Å². The molecule has 1 heterocycles. The van der Waals surface area contributed by atoms with E-state index in [0.717, 1.165) is 34.8 Å². The zero-order valence-electron chi connectivity index (χ0n) is 13.2. The maximum atomic E-state index is 13.7. The largest absolute Gasteiger partial charge is 0.311 e. The van der Waals surface area contributed by atoms with E-state index < -0.39 is 11.6 Å². The fourth-order valence-corrected chi connectivity index (χ4v) is 4.46. The van der Waals surface area contributed by atoms with Gasteiger partial charge in [0.25, 0.3) is 0 Å². The Morgan fingerprint density at radius 3 is 2.88 bits per heavy atom. The Labute approximate surface area is 148 Å². The Morgan fingerprint density at radius 1 is 1.29 bits per heavy atom. The normalized spacial score (nSPS) is 17.3. The number of para-hydroxylation sites is 1. The summed E-state index contributed by atoms with van der Waals surface area (Å²) < 4.78 is 26.7. The molecule has 0 fully saturated rings. The van der Waals surface area contributed by atoms with Gasteiger partial charge in [-0.3, -0.25) is 4.79 Å². The second kappa shape index (κ2) is 7.57. The van der Waals surface area contributed by atoms with Crippen LogP contribution in [0.3, 0.4) is 0 Å². The molecule has 0 bridgehead atoms. The van der Waals surface area contributed by atoms with E-state index in [1.165, 1.54) is 12.1 Å². The minimum absolute atomic E-state index is 0.0640. The summed E-state index contributed by atoms with van der Waals surface area (Å²) in [4.78, 5) is 15.8. The quantitative estimate of drug-likeness (QED) is 0.716. The molecule has 24 heavy (non-hydrogen) atoms. The zero-order chi connectivity index (χ0) is 17.1. The topological polar surface area (TPSA) is 20.3 Å². The second-order valence-corrected chi connectivity index (χ2v) is 8.09. The van der Waals surface area contributed by atoms with Gasteiger partial charge in [0.1, 0.15) is 11.6 Å². The molecule has 2 aromatic rings. The van der Waals surface area contributed by atoms with Crippen LogP contribution in [0, 0.1) is 11.6 Å². The first kappa shape index (κ1) is 17.3. The molecule has 0 unspecified atom stereocenters. The minimum atomic E-state index is -0.631. The number of carbonyl (C=O) groups excluding carboxylic acids is 1. The number of carbonyl (C=O) groups is 1. The van der Waals surface area contributed by atoms with E-state index in [4.69, 9.17) is 0 Å². The number of thioether (sulfide) groups is 2. The van der Waals surface area contributed by atoms with Crippen LogP contribution in [0.25, 0.3) is 0 Å². The van der Waals surface area contributed by atoms with E-state index in [-0.39, 0.29) is 16.6 Å². The molecule has 0 aliphatic carbocycles. The summed E-state index contributed by atoms with van der Waals surface area (Å²) in [5, 5.41) is 0.436. The molecule has 3 rings (SSSR count). The SMILES string of the molecule is C[C@H]1CCN(C(=O)CSc2ccc(F)cc2F)c2ccccc2S1. The highest BCUT2D eigenvalue weighted by molar-refractivity contribution is 8.00. The van der Waals surface area contributed by atoms with E-state index in [9.17, 15) is 13.6 Å². The van der Waals surface area contributed by atoms with Crippen molar-refractivity contribution in [3.8, 4) is 0 Å². The van der Waals surface area contributed by atoms with Gasteiger partial charge in [-0.1, -0.05) is 19.1 Å². The third kappa shape index (κ3) is 3.92. The summed E-state index contributed by atoms with van der Waals surface area (Å²) in [6.45, 7) is 2.80. The molecule has 126 valence electrons. The van der Waals surface area contributed by atoms with Gasteiger partial charge in [0.05, 0.1) is 11.4 Å². The summed E-state index contributed by atoms with van der Waals surface area (Å²) in [6.07, 6.45) is 0.903. The van der Waals surface area contributed by atoms with Crippen LogP contribution in [-0.2, 0) is 4.79 Å². The lowest BCUT2D eigenvalue weighted by Gasteiger charge is -2.22. The van der Waals surface area contributed by atoms with Gasteiger partial charge < -0.3 is 4.90 Å². The number of rotatable bonds is 3. The average molecular weight is 365 g/mol. The van der Waals surface area contributed by atoms with Crippen molar-refractivity contribution in [1.82, 2.24) is 0 Å². The first-order valence-electron chi connectivity index (χ1n) is 7.68. The van der Waals surface area contributed by atoms with Gasteiger partial charge in [-0.15, -0.1) is 23.5 Å². The number of hydrogen-bond acceptors (Lipinski definition) is 3.